The summed E-state index contributed by atoms with van der Waals surface area (Å²) in [7, 11) is 1.97. The van der Waals surface area contributed by atoms with Crippen LogP contribution >= 0.6 is 0 Å². The van der Waals surface area contributed by atoms with E-state index in [2.05, 4.69) is 15.5 Å². The van der Waals surface area contributed by atoms with Crippen LogP contribution in [0.3, 0.4) is 0 Å². The van der Waals surface area contributed by atoms with Crippen LogP contribution in [0.1, 0.15) is 37.4 Å². The van der Waals surface area contributed by atoms with Gasteiger partial charge in [0.1, 0.15) is 0 Å². The van der Waals surface area contributed by atoms with E-state index in [9.17, 15) is 0 Å². The van der Waals surface area contributed by atoms with Crippen molar-refractivity contribution < 1.29 is 4.52 Å². The number of hydrogen-bond donors (Lipinski definition) is 1. The average molecular weight is 181 g/mol. The molecular weight excluding hydrogens is 166 g/mol. The summed E-state index contributed by atoms with van der Waals surface area (Å²) in [5, 5.41) is 7.31. The van der Waals surface area contributed by atoms with E-state index >= 15 is 0 Å². The minimum atomic E-state index is -0.0161. The number of rotatable bonds is 2. The maximum atomic E-state index is 5.00. The zero-order valence-electron chi connectivity index (χ0n) is 8.13. The highest BCUT2D eigenvalue weighted by atomic mass is 16.5. The molecule has 72 valence electrons. The molecule has 4 heteroatoms. The Bertz CT molecular complexity index is 289. The third-order valence-corrected chi connectivity index (χ3v) is 2.89. The van der Waals surface area contributed by atoms with Gasteiger partial charge in [-0.15, -0.1) is 0 Å². The van der Waals surface area contributed by atoms with Gasteiger partial charge in [0, 0.05) is 6.92 Å². The van der Waals surface area contributed by atoms with Crippen LogP contribution in [-0.2, 0) is 5.54 Å². The number of hydrogen-bond acceptors (Lipinski definition) is 4. The van der Waals surface area contributed by atoms with E-state index in [4.69, 9.17) is 4.52 Å². The molecule has 1 aliphatic rings. The van der Waals surface area contributed by atoms with Crippen LogP contribution in [0.4, 0.5) is 0 Å². The Hall–Kier alpha value is -0.900. The van der Waals surface area contributed by atoms with Crippen LogP contribution in [0.25, 0.3) is 0 Å². The monoisotopic (exact) mass is 181 g/mol. The van der Waals surface area contributed by atoms with Crippen LogP contribution in [0, 0.1) is 6.92 Å². The van der Waals surface area contributed by atoms with Crippen molar-refractivity contribution in [1.29, 1.82) is 0 Å². The van der Waals surface area contributed by atoms with E-state index in [1.807, 2.05) is 14.0 Å². The Balaban J connectivity index is 2.30. The van der Waals surface area contributed by atoms with Gasteiger partial charge in [-0.1, -0.05) is 18.0 Å². The van der Waals surface area contributed by atoms with Gasteiger partial charge in [0.25, 0.3) is 0 Å². The minimum absolute atomic E-state index is 0.0161. The number of nitrogens with zero attached hydrogens (tertiary/aromatic N) is 2. The van der Waals surface area contributed by atoms with E-state index in [1.54, 1.807) is 0 Å². The Morgan fingerprint density at radius 1 is 1.38 bits per heavy atom. The molecule has 13 heavy (non-hydrogen) atoms. The summed E-state index contributed by atoms with van der Waals surface area (Å²) in [6.45, 7) is 1.83. The molecule has 0 radical (unpaired) electrons. The second-order valence-corrected chi connectivity index (χ2v) is 3.68. The fraction of sp³-hybridized carbons (Fsp3) is 0.778. The van der Waals surface area contributed by atoms with Crippen molar-refractivity contribution in [3.63, 3.8) is 0 Å². The van der Waals surface area contributed by atoms with Gasteiger partial charge in [0.05, 0.1) is 5.54 Å². The van der Waals surface area contributed by atoms with Gasteiger partial charge in [-0.3, -0.25) is 0 Å². The molecule has 0 aromatic carbocycles. The predicted molar refractivity (Wildman–Crippen MR) is 48.2 cm³/mol. The van der Waals surface area contributed by atoms with E-state index in [0.29, 0.717) is 5.89 Å². The smallest absolute Gasteiger partial charge is 0.223 e. The van der Waals surface area contributed by atoms with Gasteiger partial charge in [0.2, 0.25) is 5.89 Å². The molecule has 1 aliphatic carbocycles. The lowest BCUT2D eigenvalue weighted by atomic mass is 9.97. The predicted octanol–water partition coefficient (Wildman–Crippen LogP) is 1.37. The van der Waals surface area contributed by atoms with Crippen LogP contribution < -0.4 is 5.32 Å². The largest absolute Gasteiger partial charge is 0.340 e. The lowest BCUT2D eigenvalue weighted by molar-refractivity contribution is 0.319. The molecule has 1 fully saturated rings. The molecular formula is C9H15N3O. The number of aryl methyl sites for hydroxylation is 1. The summed E-state index contributed by atoms with van der Waals surface area (Å²) in [6.07, 6.45) is 4.72. The van der Waals surface area contributed by atoms with Crippen LogP contribution in [0.5, 0.6) is 0 Å². The first-order chi connectivity index (χ1) is 6.27. The molecule has 0 unspecified atom stereocenters. The van der Waals surface area contributed by atoms with E-state index in [0.717, 1.165) is 18.7 Å². The van der Waals surface area contributed by atoms with Crippen molar-refractivity contribution >= 4 is 0 Å². The third kappa shape index (κ3) is 1.35. The summed E-state index contributed by atoms with van der Waals surface area (Å²) in [5.41, 5.74) is -0.0161. The molecule has 0 atom stereocenters. The van der Waals surface area contributed by atoms with Gasteiger partial charge in [-0.2, -0.15) is 4.98 Å². The topological polar surface area (TPSA) is 51.0 Å². The summed E-state index contributed by atoms with van der Waals surface area (Å²) in [6, 6.07) is 0. The molecule has 1 heterocycles. The Morgan fingerprint density at radius 3 is 2.54 bits per heavy atom. The summed E-state index contributed by atoms with van der Waals surface area (Å²) in [4.78, 5) is 4.30. The van der Waals surface area contributed by atoms with Gasteiger partial charge in [0.15, 0.2) is 5.82 Å². The standard InChI is InChI=1S/C9H15N3O/c1-7-11-8(12-13-7)9(10-2)5-3-4-6-9/h10H,3-6H2,1-2H3. The van der Waals surface area contributed by atoms with Gasteiger partial charge in [-0.25, -0.2) is 0 Å². The number of aromatic nitrogens is 2. The number of nitrogens with one attached hydrogen (secondary N) is 1. The fourth-order valence-electron chi connectivity index (χ4n) is 2.06. The van der Waals surface area contributed by atoms with Crippen LogP contribution in [0.15, 0.2) is 4.52 Å². The second kappa shape index (κ2) is 3.10. The minimum Gasteiger partial charge on any atom is -0.340 e. The molecule has 1 N–H and O–H groups in total. The SMILES string of the molecule is CNC1(c2noc(C)n2)CCCC1. The maximum absolute atomic E-state index is 5.00. The van der Waals surface area contributed by atoms with Gasteiger partial charge in [-0.05, 0) is 19.9 Å². The van der Waals surface area contributed by atoms with Crippen molar-refractivity contribution in [3.8, 4) is 0 Å². The first-order valence-corrected chi connectivity index (χ1v) is 4.76. The van der Waals surface area contributed by atoms with Crippen molar-refractivity contribution in [2.45, 2.75) is 38.1 Å². The van der Waals surface area contributed by atoms with Gasteiger partial charge < -0.3 is 9.84 Å². The van der Waals surface area contributed by atoms with E-state index in [-0.39, 0.29) is 5.54 Å². The molecule has 0 aliphatic heterocycles. The average Bonchev–Trinajstić information content (AvgIpc) is 2.73. The van der Waals surface area contributed by atoms with Crippen molar-refractivity contribution in [2.24, 2.45) is 0 Å². The van der Waals surface area contributed by atoms with Gasteiger partial charge >= 0.3 is 0 Å². The lowest BCUT2D eigenvalue weighted by Gasteiger charge is -2.23. The Labute approximate surface area is 77.7 Å². The molecule has 0 saturated heterocycles. The summed E-state index contributed by atoms with van der Waals surface area (Å²) in [5.74, 6) is 1.47. The van der Waals surface area contributed by atoms with Crippen LogP contribution in [-0.4, -0.2) is 17.2 Å². The normalized spacial score (nSPS) is 20.8. The second-order valence-electron chi connectivity index (χ2n) is 3.68. The Kier molecular flexibility index (Phi) is 2.07. The zero-order valence-corrected chi connectivity index (χ0v) is 8.13. The van der Waals surface area contributed by atoms with Crippen LogP contribution in [0.2, 0.25) is 0 Å². The van der Waals surface area contributed by atoms with Crippen molar-refractivity contribution in [3.05, 3.63) is 11.7 Å². The van der Waals surface area contributed by atoms with Crippen molar-refractivity contribution in [1.82, 2.24) is 15.5 Å². The molecule has 1 aromatic rings. The molecule has 0 bridgehead atoms. The molecule has 0 amide bonds. The highest BCUT2D eigenvalue weighted by Gasteiger charge is 2.38. The molecule has 0 spiro atoms. The highest BCUT2D eigenvalue weighted by molar-refractivity contribution is 5.07. The summed E-state index contributed by atoms with van der Waals surface area (Å²) < 4.78 is 5.00. The maximum Gasteiger partial charge on any atom is 0.223 e. The molecule has 2 rings (SSSR count). The first kappa shape index (κ1) is 8.69. The first-order valence-electron chi connectivity index (χ1n) is 4.76. The highest BCUT2D eigenvalue weighted by Crippen LogP contribution is 2.36. The fourth-order valence-corrected chi connectivity index (χ4v) is 2.06. The lowest BCUT2D eigenvalue weighted by Crippen LogP contribution is -2.38. The summed E-state index contributed by atoms with van der Waals surface area (Å²) >= 11 is 0. The van der Waals surface area contributed by atoms with E-state index < -0.39 is 0 Å². The molecule has 4 nitrogen and oxygen atoms in total. The van der Waals surface area contributed by atoms with Crippen molar-refractivity contribution in [2.75, 3.05) is 7.05 Å². The quantitative estimate of drug-likeness (QED) is 0.748. The zero-order chi connectivity index (χ0) is 9.31. The third-order valence-electron chi connectivity index (χ3n) is 2.89. The molecule has 1 saturated carbocycles. The molecule has 1 aromatic heterocycles. The Morgan fingerprint density at radius 2 is 2.08 bits per heavy atom. The van der Waals surface area contributed by atoms with E-state index in [1.165, 1.54) is 12.8 Å².